The minimum atomic E-state index is -1.11. The average Bonchev–Trinajstić information content (AvgIpc) is 2.86. The number of carboxylic acid groups (broad SMARTS) is 1. The first-order chi connectivity index (χ1) is 13.2. The van der Waals surface area contributed by atoms with Crippen molar-refractivity contribution in [3.63, 3.8) is 0 Å². The molecular weight excluding hydrogens is 364 g/mol. The molecule has 2 N–H and O–H groups in total. The summed E-state index contributed by atoms with van der Waals surface area (Å²) in [4.78, 5) is 32.9. The predicted molar refractivity (Wildman–Crippen MR) is 102 cm³/mol. The van der Waals surface area contributed by atoms with Crippen LogP contribution < -0.4 is 10.3 Å². The van der Waals surface area contributed by atoms with Gasteiger partial charge in [0, 0.05) is 14.0 Å². The Morgan fingerprint density at radius 1 is 1.00 bits per heavy atom. The molecule has 0 spiro atoms. The molecule has 0 saturated heterocycles. The number of benzene rings is 2. The van der Waals surface area contributed by atoms with Crippen molar-refractivity contribution >= 4 is 11.9 Å². The van der Waals surface area contributed by atoms with Crippen LogP contribution in [0.1, 0.15) is 23.0 Å². The minimum absolute atomic E-state index is 0.0160. The number of carboxylic acids is 1. The van der Waals surface area contributed by atoms with Crippen LogP contribution in [-0.2, 0) is 11.8 Å². The molecule has 0 bridgehead atoms. The standard InChI is InChI=1S/C11H12N2O2.C9H8O4/c1-8-10(14)11(15)13(12(8)2)9-6-4-3-5-7-9;1-6(10)13-8-5-3-2-4-7(8)9(11)12/h3-7,14H,1-2H3;2-5H,1H3,(H,11,12). The molecule has 0 aliphatic heterocycles. The fourth-order valence-corrected chi connectivity index (χ4v) is 2.44. The molecule has 8 heteroatoms. The number of nitrogens with zero attached hydrogens (tertiary/aromatic N) is 2. The van der Waals surface area contributed by atoms with E-state index in [9.17, 15) is 19.5 Å². The van der Waals surface area contributed by atoms with Gasteiger partial charge >= 0.3 is 17.5 Å². The summed E-state index contributed by atoms with van der Waals surface area (Å²) < 4.78 is 7.75. The summed E-state index contributed by atoms with van der Waals surface area (Å²) in [6, 6.07) is 15.2. The van der Waals surface area contributed by atoms with Gasteiger partial charge in [0.25, 0.3) is 0 Å². The summed E-state index contributed by atoms with van der Waals surface area (Å²) in [7, 11) is 1.74. The lowest BCUT2D eigenvalue weighted by molar-refractivity contribution is -0.131. The number of rotatable bonds is 3. The Morgan fingerprint density at radius 2 is 1.57 bits per heavy atom. The summed E-state index contributed by atoms with van der Waals surface area (Å²) in [6.07, 6.45) is 0. The molecule has 0 fully saturated rings. The lowest BCUT2D eigenvalue weighted by Crippen LogP contribution is -2.19. The van der Waals surface area contributed by atoms with E-state index in [0.29, 0.717) is 5.69 Å². The Kier molecular flexibility index (Phi) is 6.38. The molecule has 0 aliphatic rings. The molecule has 0 radical (unpaired) electrons. The molecule has 146 valence electrons. The molecule has 3 rings (SSSR count). The molecule has 0 saturated carbocycles. The van der Waals surface area contributed by atoms with Crippen LogP contribution in [0.25, 0.3) is 5.69 Å². The normalized spacial score (nSPS) is 9.96. The molecule has 2 aromatic carbocycles. The van der Waals surface area contributed by atoms with Crippen molar-refractivity contribution in [3.05, 3.63) is 76.2 Å². The molecule has 0 aliphatic carbocycles. The van der Waals surface area contributed by atoms with Gasteiger partial charge in [-0.1, -0.05) is 30.3 Å². The molecular formula is C20H20N2O6. The summed E-state index contributed by atoms with van der Waals surface area (Å²) in [5.74, 6) is -1.77. The predicted octanol–water partition coefficient (Wildman–Crippen LogP) is 2.50. The topological polar surface area (TPSA) is 111 Å². The third kappa shape index (κ3) is 4.47. The highest BCUT2D eigenvalue weighted by atomic mass is 16.5. The van der Waals surface area contributed by atoms with Gasteiger partial charge in [-0.2, -0.15) is 0 Å². The molecule has 1 aromatic heterocycles. The third-order valence-electron chi connectivity index (χ3n) is 3.89. The van der Waals surface area contributed by atoms with Crippen LogP contribution in [0.4, 0.5) is 0 Å². The Morgan fingerprint density at radius 3 is 2.07 bits per heavy atom. The van der Waals surface area contributed by atoms with Crippen LogP contribution in [0.5, 0.6) is 11.5 Å². The highest BCUT2D eigenvalue weighted by Gasteiger charge is 2.14. The fourth-order valence-electron chi connectivity index (χ4n) is 2.44. The van der Waals surface area contributed by atoms with E-state index in [4.69, 9.17) is 5.11 Å². The fraction of sp³-hybridized carbons (Fsp3) is 0.150. The van der Waals surface area contributed by atoms with E-state index in [1.54, 1.807) is 30.8 Å². The molecule has 0 amide bonds. The van der Waals surface area contributed by atoms with Crippen molar-refractivity contribution in [1.29, 1.82) is 0 Å². The number of hydrogen-bond acceptors (Lipinski definition) is 5. The molecule has 0 unspecified atom stereocenters. The lowest BCUT2D eigenvalue weighted by Gasteiger charge is -2.06. The maximum atomic E-state index is 11.7. The van der Waals surface area contributed by atoms with E-state index in [2.05, 4.69) is 4.74 Å². The molecule has 0 atom stereocenters. The van der Waals surface area contributed by atoms with Crippen molar-refractivity contribution in [2.24, 2.45) is 7.05 Å². The Balaban J connectivity index is 0.000000203. The van der Waals surface area contributed by atoms with Crippen molar-refractivity contribution in [1.82, 2.24) is 9.36 Å². The second-order valence-corrected chi connectivity index (χ2v) is 5.81. The van der Waals surface area contributed by atoms with Crippen molar-refractivity contribution in [2.45, 2.75) is 13.8 Å². The van der Waals surface area contributed by atoms with Gasteiger partial charge in [-0.05, 0) is 31.2 Å². The van der Waals surface area contributed by atoms with E-state index in [-0.39, 0.29) is 22.6 Å². The van der Waals surface area contributed by atoms with Gasteiger partial charge < -0.3 is 14.9 Å². The first kappa shape index (κ1) is 20.5. The number of esters is 1. The highest BCUT2D eigenvalue weighted by Crippen LogP contribution is 2.17. The molecule has 1 heterocycles. The number of aromatic nitrogens is 2. The van der Waals surface area contributed by atoms with Crippen LogP contribution in [0.3, 0.4) is 0 Å². The van der Waals surface area contributed by atoms with E-state index >= 15 is 0 Å². The number of para-hydroxylation sites is 2. The van der Waals surface area contributed by atoms with Crippen LogP contribution in [-0.4, -0.2) is 31.5 Å². The quantitative estimate of drug-likeness (QED) is 0.530. The minimum Gasteiger partial charge on any atom is -0.502 e. The molecule has 3 aromatic rings. The van der Waals surface area contributed by atoms with Crippen LogP contribution in [0.15, 0.2) is 59.4 Å². The van der Waals surface area contributed by atoms with Gasteiger partial charge in [-0.25, -0.2) is 9.48 Å². The summed E-state index contributed by atoms with van der Waals surface area (Å²) >= 11 is 0. The van der Waals surface area contributed by atoms with Gasteiger partial charge in [0.15, 0.2) is 0 Å². The Hall–Kier alpha value is -3.81. The number of carbonyl (C=O) groups excluding carboxylic acids is 1. The molecule has 8 nitrogen and oxygen atoms in total. The van der Waals surface area contributed by atoms with Crippen molar-refractivity contribution < 1.29 is 24.5 Å². The second kappa shape index (κ2) is 8.72. The van der Waals surface area contributed by atoms with Crippen molar-refractivity contribution in [3.8, 4) is 17.2 Å². The lowest BCUT2D eigenvalue weighted by atomic mass is 10.2. The monoisotopic (exact) mass is 384 g/mol. The SMILES string of the molecule is CC(=O)Oc1ccccc1C(=O)O.Cc1c(O)c(=O)n(-c2ccccc2)n1C. The van der Waals surface area contributed by atoms with Crippen molar-refractivity contribution in [2.75, 3.05) is 0 Å². The largest absolute Gasteiger partial charge is 0.502 e. The Bertz CT molecular complexity index is 1050. The highest BCUT2D eigenvalue weighted by molar-refractivity contribution is 5.91. The maximum absolute atomic E-state index is 11.7. The summed E-state index contributed by atoms with van der Waals surface area (Å²) in [5, 5.41) is 18.2. The number of aromatic hydroxyl groups is 1. The smallest absolute Gasteiger partial charge is 0.339 e. The third-order valence-corrected chi connectivity index (χ3v) is 3.89. The second-order valence-electron chi connectivity index (χ2n) is 5.81. The number of carbonyl (C=O) groups is 2. The summed E-state index contributed by atoms with van der Waals surface area (Å²) in [6.45, 7) is 2.93. The van der Waals surface area contributed by atoms with Gasteiger partial charge in [0.2, 0.25) is 5.75 Å². The van der Waals surface area contributed by atoms with Gasteiger partial charge in [0.1, 0.15) is 11.3 Å². The zero-order chi connectivity index (χ0) is 20.8. The van der Waals surface area contributed by atoms with E-state index < -0.39 is 11.9 Å². The zero-order valence-corrected chi connectivity index (χ0v) is 15.6. The maximum Gasteiger partial charge on any atom is 0.339 e. The average molecular weight is 384 g/mol. The van der Waals surface area contributed by atoms with E-state index in [0.717, 1.165) is 5.69 Å². The van der Waals surface area contributed by atoms with Gasteiger partial charge in [0.05, 0.1) is 11.4 Å². The first-order valence-electron chi connectivity index (χ1n) is 8.27. The molecule has 28 heavy (non-hydrogen) atoms. The van der Waals surface area contributed by atoms with Crippen LogP contribution in [0, 0.1) is 6.92 Å². The number of ether oxygens (including phenoxy) is 1. The van der Waals surface area contributed by atoms with Gasteiger partial charge in [-0.3, -0.25) is 14.3 Å². The Labute approximate surface area is 160 Å². The zero-order valence-electron chi connectivity index (χ0n) is 15.6. The first-order valence-corrected chi connectivity index (χ1v) is 8.27. The van der Waals surface area contributed by atoms with Crippen LogP contribution >= 0.6 is 0 Å². The number of hydrogen-bond donors (Lipinski definition) is 2. The summed E-state index contributed by atoms with van der Waals surface area (Å²) in [5.41, 5.74) is 0.899. The van der Waals surface area contributed by atoms with Gasteiger partial charge in [-0.15, -0.1) is 0 Å². The van der Waals surface area contributed by atoms with E-state index in [1.807, 2.05) is 30.3 Å². The van der Waals surface area contributed by atoms with Crippen LogP contribution in [0.2, 0.25) is 0 Å². The number of aromatic carboxylic acids is 1. The van der Waals surface area contributed by atoms with E-state index in [1.165, 1.54) is 23.7 Å².